The van der Waals surface area contributed by atoms with Gasteiger partial charge in [0.2, 0.25) is 0 Å². The van der Waals surface area contributed by atoms with Crippen LogP contribution in [-0.2, 0) is 0 Å². The molecule has 0 aliphatic carbocycles. The summed E-state index contributed by atoms with van der Waals surface area (Å²) in [4.78, 5) is 0. The minimum absolute atomic E-state index is 0. The van der Waals surface area contributed by atoms with Crippen LogP contribution in [0.25, 0.3) is 0 Å². The molecule has 0 amide bonds. The molecule has 0 aromatic heterocycles. The SMILES string of the molecule is CCC(O)[N+](C)(C)CC.[Cl-]. The average molecular weight is 168 g/mol. The Hall–Kier alpha value is 0.210. The Morgan fingerprint density at radius 3 is 1.80 bits per heavy atom. The summed E-state index contributed by atoms with van der Waals surface area (Å²) in [6.45, 7) is 5.06. The van der Waals surface area contributed by atoms with Crippen LogP contribution in [0, 0.1) is 0 Å². The lowest BCUT2D eigenvalue weighted by Crippen LogP contribution is -3.00. The number of aliphatic hydroxyl groups is 1. The third-order valence-electron chi connectivity index (χ3n) is 1.99. The normalized spacial score (nSPS) is 14.1. The van der Waals surface area contributed by atoms with E-state index in [0.717, 1.165) is 13.0 Å². The van der Waals surface area contributed by atoms with Crippen molar-refractivity contribution in [1.29, 1.82) is 0 Å². The summed E-state index contributed by atoms with van der Waals surface area (Å²) in [7, 11) is 4.07. The molecule has 0 aromatic carbocycles. The van der Waals surface area contributed by atoms with Crippen LogP contribution >= 0.6 is 0 Å². The number of halogens is 1. The smallest absolute Gasteiger partial charge is 0.189 e. The largest absolute Gasteiger partial charge is 1.00 e. The molecule has 0 saturated carbocycles. The van der Waals surface area contributed by atoms with E-state index in [1.807, 2.05) is 21.0 Å². The molecule has 0 aliphatic rings. The first-order valence-electron chi connectivity index (χ1n) is 3.55. The van der Waals surface area contributed by atoms with Gasteiger partial charge in [-0.3, -0.25) is 0 Å². The lowest BCUT2D eigenvalue weighted by Gasteiger charge is -2.32. The second-order valence-electron chi connectivity index (χ2n) is 2.98. The number of aliphatic hydroxyl groups excluding tert-OH is 1. The Bertz CT molecular complexity index is 85.7. The van der Waals surface area contributed by atoms with Crippen molar-refractivity contribution in [3.05, 3.63) is 0 Å². The quantitative estimate of drug-likeness (QED) is 0.374. The molecule has 10 heavy (non-hydrogen) atoms. The van der Waals surface area contributed by atoms with Crippen molar-refractivity contribution in [3.8, 4) is 0 Å². The maximum absolute atomic E-state index is 9.36. The molecule has 0 aliphatic heterocycles. The maximum Gasteiger partial charge on any atom is 0.189 e. The Labute approximate surface area is 69.8 Å². The lowest BCUT2D eigenvalue weighted by atomic mass is 10.3. The van der Waals surface area contributed by atoms with Gasteiger partial charge >= 0.3 is 0 Å². The molecule has 0 spiro atoms. The van der Waals surface area contributed by atoms with Gasteiger partial charge in [0.1, 0.15) is 0 Å². The van der Waals surface area contributed by atoms with Gasteiger partial charge in [-0.1, -0.05) is 6.92 Å². The van der Waals surface area contributed by atoms with Crippen molar-refractivity contribution in [1.82, 2.24) is 0 Å². The van der Waals surface area contributed by atoms with Gasteiger partial charge in [-0.15, -0.1) is 0 Å². The van der Waals surface area contributed by atoms with Gasteiger partial charge in [0.15, 0.2) is 6.23 Å². The molecule has 0 rings (SSSR count). The summed E-state index contributed by atoms with van der Waals surface area (Å²) in [5.41, 5.74) is 0. The standard InChI is InChI=1S/C7H18NO.ClH/c1-5-7(9)8(3,4)6-2;/h7,9H,5-6H2,1-4H3;1H/q+1;/p-1. The molecule has 3 heteroatoms. The first-order valence-corrected chi connectivity index (χ1v) is 3.55. The Kier molecular flexibility index (Phi) is 6.35. The second-order valence-corrected chi connectivity index (χ2v) is 2.98. The van der Waals surface area contributed by atoms with Gasteiger partial charge < -0.3 is 22.0 Å². The predicted octanol–water partition coefficient (Wildman–Crippen LogP) is -2.18. The zero-order chi connectivity index (χ0) is 7.49. The van der Waals surface area contributed by atoms with Crippen LogP contribution in [-0.4, -0.2) is 36.5 Å². The van der Waals surface area contributed by atoms with E-state index in [0.29, 0.717) is 4.48 Å². The number of hydrogen-bond donors (Lipinski definition) is 1. The van der Waals surface area contributed by atoms with Crippen LogP contribution < -0.4 is 12.4 Å². The topological polar surface area (TPSA) is 20.2 Å². The van der Waals surface area contributed by atoms with Crippen LogP contribution in [0.4, 0.5) is 0 Å². The zero-order valence-electron chi connectivity index (χ0n) is 7.26. The van der Waals surface area contributed by atoms with Gasteiger partial charge in [0.25, 0.3) is 0 Å². The van der Waals surface area contributed by atoms with E-state index in [1.54, 1.807) is 0 Å². The highest BCUT2D eigenvalue weighted by Crippen LogP contribution is 2.05. The molecule has 0 fully saturated rings. The molecule has 0 saturated heterocycles. The molecule has 0 radical (unpaired) electrons. The van der Waals surface area contributed by atoms with Crippen LogP contribution in [0.1, 0.15) is 20.3 Å². The van der Waals surface area contributed by atoms with E-state index in [9.17, 15) is 5.11 Å². The van der Waals surface area contributed by atoms with Crippen LogP contribution in [0.2, 0.25) is 0 Å². The summed E-state index contributed by atoms with van der Waals surface area (Å²) < 4.78 is 0.705. The third-order valence-corrected chi connectivity index (χ3v) is 1.99. The van der Waals surface area contributed by atoms with Crippen LogP contribution in [0.3, 0.4) is 0 Å². The molecule has 0 aromatic rings. The number of nitrogens with zero attached hydrogens (tertiary/aromatic N) is 1. The van der Waals surface area contributed by atoms with Crippen molar-refractivity contribution in [3.63, 3.8) is 0 Å². The van der Waals surface area contributed by atoms with Crippen molar-refractivity contribution >= 4 is 0 Å². The molecule has 64 valence electrons. The summed E-state index contributed by atoms with van der Waals surface area (Å²) in [6, 6.07) is 0. The van der Waals surface area contributed by atoms with Gasteiger partial charge in [-0.2, -0.15) is 0 Å². The molecule has 1 unspecified atom stereocenters. The molecular weight excluding hydrogens is 150 g/mol. The van der Waals surface area contributed by atoms with Crippen molar-refractivity contribution < 1.29 is 22.0 Å². The summed E-state index contributed by atoms with van der Waals surface area (Å²) in [5, 5.41) is 9.36. The Morgan fingerprint density at radius 2 is 1.70 bits per heavy atom. The fraction of sp³-hybridized carbons (Fsp3) is 1.00. The van der Waals surface area contributed by atoms with E-state index < -0.39 is 0 Å². The summed E-state index contributed by atoms with van der Waals surface area (Å²) in [6.07, 6.45) is 0.635. The van der Waals surface area contributed by atoms with Gasteiger partial charge in [-0.05, 0) is 6.92 Å². The number of rotatable bonds is 3. The molecule has 2 nitrogen and oxygen atoms in total. The molecule has 0 bridgehead atoms. The lowest BCUT2D eigenvalue weighted by molar-refractivity contribution is -0.935. The highest BCUT2D eigenvalue weighted by molar-refractivity contribution is 4.34. The van der Waals surface area contributed by atoms with Crippen molar-refractivity contribution in [2.75, 3.05) is 20.6 Å². The van der Waals surface area contributed by atoms with Crippen LogP contribution in [0.5, 0.6) is 0 Å². The van der Waals surface area contributed by atoms with Crippen LogP contribution in [0.15, 0.2) is 0 Å². The van der Waals surface area contributed by atoms with E-state index in [-0.39, 0.29) is 18.6 Å². The predicted molar refractivity (Wildman–Crippen MR) is 38.9 cm³/mol. The highest BCUT2D eigenvalue weighted by atomic mass is 35.5. The second kappa shape index (κ2) is 4.94. The van der Waals surface area contributed by atoms with Gasteiger partial charge in [0, 0.05) is 6.42 Å². The number of hydrogen-bond acceptors (Lipinski definition) is 1. The summed E-state index contributed by atoms with van der Waals surface area (Å²) >= 11 is 0. The fourth-order valence-electron chi connectivity index (χ4n) is 0.705. The molecule has 1 N–H and O–H groups in total. The Balaban J connectivity index is 0. The first kappa shape index (κ1) is 12.8. The fourth-order valence-corrected chi connectivity index (χ4v) is 0.705. The van der Waals surface area contributed by atoms with Crippen molar-refractivity contribution in [2.45, 2.75) is 26.5 Å². The van der Waals surface area contributed by atoms with E-state index in [1.165, 1.54) is 0 Å². The molecule has 1 atom stereocenters. The van der Waals surface area contributed by atoms with E-state index in [4.69, 9.17) is 0 Å². The number of quaternary nitrogens is 1. The zero-order valence-corrected chi connectivity index (χ0v) is 8.02. The maximum atomic E-state index is 9.36. The minimum atomic E-state index is -0.199. The first-order chi connectivity index (χ1) is 4.04. The van der Waals surface area contributed by atoms with E-state index >= 15 is 0 Å². The monoisotopic (exact) mass is 167 g/mol. The Morgan fingerprint density at radius 1 is 1.30 bits per heavy atom. The summed E-state index contributed by atoms with van der Waals surface area (Å²) in [5.74, 6) is 0. The van der Waals surface area contributed by atoms with Gasteiger partial charge in [-0.25, -0.2) is 0 Å². The molecule has 0 heterocycles. The third kappa shape index (κ3) is 3.40. The average Bonchev–Trinajstić information content (AvgIpc) is 1.86. The van der Waals surface area contributed by atoms with E-state index in [2.05, 4.69) is 6.92 Å². The van der Waals surface area contributed by atoms with Gasteiger partial charge in [0.05, 0.1) is 20.6 Å². The highest BCUT2D eigenvalue weighted by Gasteiger charge is 2.20. The minimum Gasteiger partial charge on any atom is -1.00 e. The molecular formula is C7H18ClNO. The van der Waals surface area contributed by atoms with Crippen molar-refractivity contribution in [2.24, 2.45) is 0 Å².